The van der Waals surface area contributed by atoms with E-state index in [2.05, 4.69) is 0 Å². The van der Waals surface area contributed by atoms with Crippen molar-refractivity contribution < 1.29 is 19.1 Å². The molecule has 2 amide bonds. The molecule has 0 N–H and O–H groups in total. The Morgan fingerprint density at radius 2 is 1.72 bits per heavy atom. The number of nitrogens with zero attached hydrogens (tertiary/aromatic N) is 2. The largest absolute Gasteiger partial charge is 0.484 e. The van der Waals surface area contributed by atoms with Gasteiger partial charge in [-0.25, -0.2) is 4.79 Å². The van der Waals surface area contributed by atoms with Crippen LogP contribution >= 0.6 is 11.6 Å². The summed E-state index contributed by atoms with van der Waals surface area (Å²) < 4.78 is 10.9. The summed E-state index contributed by atoms with van der Waals surface area (Å²) in [6.45, 7) is 9.21. The van der Waals surface area contributed by atoms with Crippen LogP contribution in [0.25, 0.3) is 0 Å². The van der Waals surface area contributed by atoms with Crippen molar-refractivity contribution in [2.45, 2.75) is 33.3 Å². The molecule has 0 aliphatic carbocycles. The first-order valence-corrected chi connectivity index (χ1v) is 8.68. The SMILES string of the molecule is Cc1cc(OCC(=O)N2CCN(C(=O)OC(C)(C)C)CC2)ccc1Cl. The number of hydrogen-bond acceptors (Lipinski definition) is 4. The van der Waals surface area contributed by atoms with Gasteiger partial charge in [-0.3, -0.25) is 4.79 Å². The Morgan fingerprint density at radius 1 is 1.12 bits per heavy atom. The highest BCUT2D eigenvalue weighted by Gasteiger charge is 2.27. The van der Waals surface area contributed by atoms with Gasteiger partial charge in [-0.15, -0.1) is 0 Å². The van der Waals surface area contributed by atoms with E-state index in [1.54, 1.807) is 28.0 Å². The Balaban J connectivity index is 1.79. The Labute approximate surface area is 153 Å². The molecule has 1 heterocycles. The van der Waals surface area contributed by atoms with Crippen LogP contribution in [0.15, 0.2) is 18.2 Å². The number of rotatable bonds is 3. The normalized spacial score (nSPS) is 15.1. The fourth-order valence-electron chi connectivity index (χ4n) is 2.41. The summed E-state index contributed by atoms with van der Waals surface area (Å²) >= 11 is 5.97. The minimum Gasteiger partial charge on any atom is -0.484 e. The third-order valence-electron chi connectivity index (χ3n) is 3.78. The van der Waals surface area contributed by atoms with Crippen LogP contribution in [0.4, 0.5) is 4.79 Å². The Hall–Kier alpha value is -1.95. The van der Waals surface area contributed by atoms with Crippen LogP contribution in [0.2, 0.25) is 5.02 Å². The van der Waals surface area contributed by atoms with E-state index < -0.39 is 5.60 Å². The molecule has 1 saturated heterocycles. The molecule has 0 spiro atoms. The van der Waals surface area contributed by atoms with Crippen molar-refractivity contribution in [1.82, 2.24) is 9.80 Å². The number of amides is 2. The molecule has 1 aliphatic rings. The van der Waals surface area contributed by atoms with Crippen molar-refractivity contribution in [3.8, 4) is 5.75 Å². The molecule has 1 aliphatic heterocycles. The predicted molar refractivity (Wildman–Crippen MR) is 96.1 cm³/mol. The molecular formula is C18H25ClN2O4. The van der Waals surface area contributed by atoms with Crippen molar-refractivity contribution in [3.05, 3.63) is 28.8 Å². The van der Waals surface area contributed by atoms with E-state index in [9.17, 15) is 9.59 Å². The van der Waals surface area contributed by atoms with Crippen molar-refractivity contribution in [3.63, 3.8) is 0 Å². The summed E-state index contributed by atoms with van der Waals surface area (Å²) in [5.74, 6) is 0.513. The average Bonchev–Trinajstić information content (AvgIpc) is 2.54. The second-order valence-corrected chi connectivity index (χ2v) is 7.46. The number of aryl methyl sites for hydroxylation is 1. The van der Waals surface area contributed by atoms with Crippen molar-refractivity contribution in [2.24, 2.45) is 0 Å². The van der Waals surface area contributed by atoms with Gasteiger partial charge in [-0.2, -0.15) is 0 Å². The van der Waals surface area contributed by atoms with Crippen LogP contribution in [0, 0.1) is 6.92 Å². The average molecular weight is 369 g/mol. The standard InChI is InChI=1S/C18H25ClN2O4/c1-13-11-14(5-6-15(13)19)24-12-16(22)20-7-9-21(10-8-20)17(23)25-18(2,3)4/h5-6,11H,7-10,12H2,1-4H3. The van der Waals surface area contributed by atoms with E-state index in [0.29, 0.717) is 37.0 Å². The van der Waals surface area contributed by atoms with Crippen molar-refractivity contribution in [1.29, 1.82) is 0 Å². The van der Waals surface area contributed by atoms with Gasteiger partial charge in [0.05, 0.1) is 0 Å². The summed E-state index contributed by atoms with van der Waals surface area (Å²) in [6, 6.07) is 5.29. The lowest BCUT2D eigenvalue weighted by Crippen LogP contribution is -2.52. The monoisotopic (exact) mass is 368 g/mol. The number of carbonyl (C=O) groups is 2. The van der Waals surface area contributed by atoms with Crippen LogP contribution in [0.5, 0.6) is 5.75 Å². The fourth-order valence-corrected chi connectivity index (χ4v) is 2.53. The Bertz CT molecular complexity index is 634. The highest BCUT2D eigenvalue weighted by Crippen LogP contribution is 2.21. The lowest BCUT2D eigenvalue weighted by Gasteiger charge is -2.35. The molecule has 1 fully saturated rings. The van der Waals surface area contributed by atoms with E-state index in [4.69, 9.17) is 21.1 Å². The number of piperazine rings is 1. The van der Waals surface area contributed by atoms with Gasteiger partial charge in [0.15, 0.2) is 6.61 Å². The van der Waals surface area contributed by atoms with Gasteiger partial charge in [-0.05, 0) is 51.5 Å². The van der Waals surface area contributed by atoms with Crippen LogP contribution in [-0.4, -0.2) is 60.2 Å². The quantitative estimate of drug-likeness (QED) is 0.822. The topological polar surface area (TPSA) is 59.1 Å². The number of carbonyl (C=O) groups excluding carboxylic acids is 2. The molecule has 1 aromatic rings. The molecule has 7 heteroatoms. The zero-order valence-corrected chi connectivity index (χ0v) is 15.9. The molecule has 0 radical (unpaired) electrons. The highest BCUT2D eigenvalue weighted by atomic mass is 35.5. The van der Waals surface area contributed by atoms with Crippen molar-refractivity contribution in [2.75, 3.05) is 32.8 Å². The predicted octanol–water partition coefficient (Wildman–Crippen LogP) is 3.11. The Morgan fingerprint density at radius 3 is 2.28 bits per heavy atom. The van der Waals surface area contributed by atoms with Gasteiger partial charge >= 0.3 is 6.09 Å². The van der Waals surface area contributed by atoms with Gasteiger partial charge in [-0.1, -0.05) is 11.6 Å². The molecular weight excluding hydrogens is 344 g/mol. The zero-order valence-electron chi connectivity index (χ0n) is 15.2. The molecule has 25 heavy (non-hydrogen) atoms. The summed E-state index contributed by atoms with van der Waals surface area (Å²) in [5.41, 5.74) is 0.381. The van der Waals surface area contributed by atoms with Crippen LogP contribution in [0.3, 0.4) is 0 Å². The number of benzene rings is 1. The number of hydrogen-bond donors (Lipinski definition) is 0. The molecule has 138 valence electrons. The molecule has 1 aromatic carbocycles. The van der Waals surface area contributed by atoms with E-state index in [-0.39, 0.29) is 18.6 Å². The minimum atomic E-state index is -0.519. The third-order valence-corrected chi connectivity index (χ3v) is 4.20. The molecule has 0 unspecified atom stereocenters. The number of ether oxygens (including phenoxy) is 2. The first kappa shape index (κ1) is 19.4. The minimum absolute atomic E-state index is 0.0342. The van der Waals surface area contributed by atoms with Gasteiger partial charge < -0.3 is 19.3 Å². The first-order chi connectivity index (χ1) is 11.7. The summed E-state index contributed by atoms with van der Waals surface area (Å²) in [6.07, 6.45) is -0.340. The van der Waals surface area contributed by atoms with Crippen LogP contribution in [0.1, 0.15) is 26.3 Å². The smallest absolute Gasteiger partial charge is 0.410 e. The maximum Gasteiger partial charge on any atom is 0.410 e. The zero-order chi connectivity index (χ0) is 18.6. The van der Waals surface area contributed by atoms with Gasteiger partial charge in [0.25, 0.3) is 5.91 Å². The maximum atomic E-state index is 12.3. The molecule has 0 atom stereocenters. The second kappa shape index (κ2) is 7.95. The third kappa shape index (κ3) is 5.81. The van der Waals surface area contributed by atoms with E-state index in [1.165, 1.54) is 0 Å². The lowest BCUT2D eigenvalue weighted by atomic mass is 10.2. The van der Waals surface area contributed by atoms with E-state index in [0.717, 1.165) is 5.56 Å². The van der Waals surface area contributed by atoms with Gasteiger partial charge in [0.2, 0.25) is 0 Å². The van der Waals surface area contributed by atoms with Gasteiger partial charge in [0, 0.05) is 31.2 Å². The molecule has 2 rings (SSSR count). The summed E-state index contributed by atoms with van der Waals surface area (Å²) in [5, 5.41) is 0.664. The molecule has 0 aromatic heterocycles. The lowest BCUT2D eigenvalue weighted by molar-refractivity contribution is -0.135. The van der Waals surface area contributed by atoms with Crippen LogP contribution in [-0.2, 0) is 9.53 Å². The second-order valence-electron chi connectivity index (χ2n) is 7.05. The molecule has 0 bridgehead atoms. The van der Waals surface area contributed by atoms with Crippen LogP contribution < -0.4 is 4.74 Å². The highest BCUT2D eigenvalue weighted by molar-refractivity contribution is 6.31. The van der Waals surface area contributed by atoms with E-state index in [1.807, 2.05) is 27.7 Å². The Kier molecular flexibility index (Phi) is 6.16. The summed E-state index contributed by atoms with van der Waals surface area (Å²) in [7, 11) is 0. The molecule has 6 nitrogen and oxygen atoms in total. The van der Waals surface area contributed by atoms with Gasteiger partial charge in [0.1, 0.15) is 11.4 Å². The van der Waals surface area contributed by atoms with E-state index >= 15 is 0 Å². The molecule has 0 saturated carbocycles. The maximum absolute atomic E-state index is 12.3. The first-order valence-electron chi connectivity index (χ1n) is 8.30. The summed E-state index contributed by atoms with van der Waals surface area (Å²) in [4.78, 5) is 27.6. The fraction of sp³-hybridized carbons (Fsp3) is 0.556. The van der Waals surface area contributed by atoms with Crippen molar-refractivity contribution >= 4 is 23.6 Å². The number of halogens is 1.